The van der Waals surface area contributed by atoms with E-state index in [4.69, 9.17) is 0 Å². The van der Waals surface area contributed by atoms with E-state index < -0.39 is 22.0 Å². The summed E-state index contributed by atoms with van der Waals surface area (Å²) >= 11 is 0. The van der Waals surface area contributed by atoms with Gasteiger partial charge in [0.25, 0.3) is 11.6 Å². The van der Waals surface area contributed by atoms with E-state index in [1.165, 1.54) is 4.31 Å². The number of nitrogens with zero attached hydrogens (tertiary/aromatic N) is 6. The van der Waals surface area contributed by atoms with Crippen LogP contribution in [0, 0.1) is 34.6 Å². The first-order chi connectivity index (χ1) is 15.3. The average molecular weight is 483 g/mol. The molecule has 0 atom stereocenters. The lowest BCUT2D eigenvalue weighted by molar-refractivity contribution is -0.144. The number of hydrogen-bond donors (Lipinski definition) is 0. The van der Waals surface area contributed by atoms with Gasteiger partial charge in [-0.3, -0.25) is 0 Å². The summed E-state index contributed by atoms with van der Waals surface area (Å²) in [6.07, 6.45) is -4.69. The van der Waals surface area contributed by atoms with E-state index in [1.807, 2.05) is 38.7 Å². The first-order valence-electron chi connectivity index (χ1n) is 10.4. The molecule has 2 aromatic heterocycles. The number of anilines is 1. The van der Waals surface area contributed by atoms with Crippen molar-refractivity contribution in [3.8, 4) is 0 Å². The second kappa shape index (κ2) is 7.94. The van der Waals surface area contributed by atoms with Gasteiger partial charge >= 0.3 is 6.18 Å². The molecule has 33 heavy (non-hydrogen) atoms. The Morgan fingerprint density at radius 2 is 1.45 bits per heavy atom. The summed E-state index contributed by atoms with van der Waals surface area (Å²) in [6.45, 7) is 10.0. The summed E-state index contributed by atoms with van der Waals surface area (Å²) in [5.74, 6) is -1.01. The molecule has 0 spiro atoms. The number of aromatic nitrogens is 4. The molecule has 8 nitrogen and oxygen atoms in total. The van der Waals surface area contributed by atoms with E-state index in [0.717, 1.165) is 26.8 Å². The molecule has 0 saturated carbocycles. The van der Waals surface area contributed by atoms with E-state index >= 15 is 0 Å². The van der Waals surface area contributed by atoms with Crippen LogP contribution in [0.2, 0.25) is 0 Å². The van der Waals surface area contributed by atoms with Crippen molar-refractivity contribution >= 4 is 21.6 Å². The highest BCUT2D eigenvalue weighted by Crippen LogP contribution is 2.31. The minimum absolute atomic E-state index is 0.145. The third kappa shape index (κ3) is 4.05. The van der Waals surface area contributed by atoms with Gasteiger partial charge in [0, 0.05) is 37.9 Å². The zero-order valence-electron chi connectivity index (χ0n) is 19.0. The molecular formula is C21H25F3N6O2S. The molecule has 0 unspecified atom stereocenters. The minimum atomic E-state index is -4.69. The maximum atomic E-state index is 13.5. The van der Waals surface area contributed by atoms with E-state index in [-0.39, 0.29) is 18.9 Å². The number of sulfonamides is 1. The topological polar surface area (TPSA) is 83.7 Å². The van der Waals surface area contributed by atoms with Crippen LogP contribution >= 0.6 is 0 Å². The van der Waals surface area contributed by atoms with Crippen LogP contribution in [-0.4, -0.2) is 58.5 Å². The van der Waals surface area contributed by atoms with Crippen LogP contribution in [0.3, 0.4) is 0 Å². The van der Waals surface area contributed by atoms with E-state index in [9.17, 15) is 21.6 Å². The second-order valence-corrected chi connectivity index (χ2v) is 10.3. The van der Waals surface area contributed by atoms with Gasteiger partial charge in [-0.15, -0.1) is 5.10 Å². The van der Waals surface area contributed by atoms with Gasteiger partial charge in [0.2, 0.25) is 10.0 Å². The Labute approximate surface area is 190 Å². The van der Waals surface area contributed by atoms with Crippen LogP contribution in [0.4, 0.5) is 19.0 Å². The fourth-order valence-electron chi connectivity index (χ4n) is 4.17. The molecule has 4 rings (SSSR count). The quantitative estimate of drug-likeness (QED) is 0.570. The van der Waals surface area contributed by atoms with Crippen LogP contribution in [0.15, 0.2) is 17.0 Å². The molecule has 12 heteroatoms. The molecule has 0 aliphatic carbocycles. The van der Waals surface area contributed by atoms with Crippen molar-refractivity contribution in [1.82, 2.24) is 23.9 Å². The Balaban J connectivity index is 1.64. The Morgan fingerprint density at radius 1 is 0.879 bits per heavy atom. The van der Waals surface area contributed by atoms with Crippen LogP contribution in [-0.2, 0) is 16.2 Å². The van der Waals surface area contributed by atoms with Crippen molar-refractivity contribution in [3.63, 3.8) is 0 Å². The van der Waals surface area contributed by atoms with Gasteiger partial charge in [-0.25, -0.2) is 13.4 Å². The van der Waals surface area contributed by atoms with Crippen LogP contribution in [0.1, 0.15) is 33.8 Å². The number of hydrogen-bond acceptors (Lipinski definition) is 6. The Hall–Kier alpha value is -2.73. The molecule has 1 aliphatic rings. The van der Waals surface area contributed by atoms with E-state index in [1.54, 1.807) is 13.0 Å². The van der Waals surface area contributed by atoms with Gasteiger partial charge < -0.3 is 4.90 Å². The average Bonchev–Trinajstić information content (AvgIpc) is 3.16. The molecule has 1 aromatic carbocycles. The van der Waals surface area contributed by atoms with Crippen molar-refractivity contribution < 1.29 is 21.6 Å². The zero-order valence-corrected chi connectivity index (χ0v) is 19.8. The summed E-state index contributed by atoms with van der Waals surface area (Å²) in [7, 11) is -3.73. The predicted octanol–water partition coefficient (Wildman–Crippen LogP) is 3.20. The molecule has 178 valence electrons. The monoisotopic (exact) mass is 482 g/mol. The number of halogens is 3. The largest absolute Gasteiger partial charge is 0.453 e. The summed E-state index contributed by atoms with van der Waals surface area (Å²) < 4.78 is 68.8. The lowest BCUT2D eigenvalue weighted by atomic mass is 10.0. The van der Waals surface area contributed by atoms with Crippen LogP contribution in [0.5, 0.6) is 0 Å². The molecule has 3 aromatic rings. The highest BCUT2D eigenvalue weighted by atomic mass is 32.2. The predicted molar refractivity (Wildman–Crippen MR) is 117 cm³/mol. The molecule has 1 aliphatic heterocycles. The SMILES string of the molecule is Cc1cc(N2CCN(S(=O)(=O)c3c(C)c(C)cc(C)c3C)CC2)n2nc(C(F)(F)F)nc2n1. The first kappa shape index (κ1) is 23.4. The number of alkyl halides is 3. The molecular weight excluding hydrogens is 457 g/mol. The number of fused-ring (bicyclic) bond motifs is 1. The van der Waals surface area contributed by atoms with Gasteiger partial charge in [-0.2, -0.15) is 27.0 Å². The summed E-state index contributed by atoms with van der Waals surface area (Å²) in [6, 6.07) is 3.61. The number of piperazine rings is 1. The minimum Gasteiger partial charge on any atom is -0.354 e. The molecule has 0 bridgehead atoms. The van der Waals surface area contributed by atoms with Crippen LogP contribution < -0.4 is 4.90 Å². The van der Waals surface area contributed by atoms with Gasteiger partial charge in [-0.05, 0) is 56.9 Å². The van der Waals surface area contributed by atoms with Gasteiger partial charge in [0.05, 0.1) is 4.90 Å². The summed E-state index contributed by atoms with van der Waals surface area (Å²) in [5.41, 5.74) is 3.78. The molecule has 0 radical (unpaired) electrons. The Morgan fingerprint density at radius 3 is 2.00 bits per heavy atom. The normalized spacial score (nSPS) is 16.1. The third-order valence-electron chi connectivity index (χ3n) is 6.13. The van der Waals surface area contributed by atoms with E-state index in [2.05, 4.69) is 15.1 Å². The van der Waals surface area contributed by atoms with Gasteiger partial charge in [0.1, 0.15) is 5.82 Å². The molecule has 0 N–H and O–H groups in total. The smallest absolute Gasteiger partial charge is 0.354 e. The first-order valence-corrected chi connectivity index (χ1v) is 11.9. The zero-order chi connectivity index (χ0) is 24.3. The van der Waals surface area contributed by atoms with Crippen molar-refractivity contribution in [2.45, 2.75) is 45.7 Å². The Bertz CT molecular complexity index is 1320. The lowest BCUT2D eigenvalue weighted by Gasteiger charge is -2.35. The van der Waals surface area contributed by atoms with Crippen molar-refractivity contribution in [2.24, 2.45) is 0 Å². The fraction of sp³-hybridized carbons (Fsp3) is 0.476. The van der Waals surface area contributed by atoms with E-state index in [0.29, 0.717) is 29.5 Å². The maximum absolute atomic E-state index is 13.5. The highest BCUT2D eigenvalue weighted by Gasteiger charge is 2.37. The number of aryl methyl sites for hydroxylation is 3. The lowest BCUT2D eigenvalue weighted by Crippen LogP contribution is -2.49. The summed E-state index contributed by atoms with van der Waals surface area (Å²) in [5, 5.41) is 3.60. The van der Waals surface area contributed by atoms with Crippen LogP contribution in [0.25, 0.3) is 5.78 Å². The standard InChI is InChI=1S/C21H25F3N6O2S/c1-12-10-13(2)16(5)18(15(12)4)33(31,32)29-8-6-28(7-9-29)17-11-14(3)25-20-26-19(21(22,23)24)27-30(17)20/h10-11H,6-9H2,1-5H3. The number of rotatable bonds is 3. The second-order valence-electron chi connectivity index (χ2n) is 8.38. The molecule has 3 heterocycles. The van der Waals surface area contributed by atoms with Crippen molar-refractivity contribution in [1.29, 1.82) is 0 Å². The maximum Gasteiger partial charge on any atom is 0.453 e. The third-order valence-corrected chi connectivity index (χ3v) is 8.31. The van der Waals surface area contributed by atoms with Gasteiger partial charge in [-0.1, -0.05) is 6.07 Å². The summed E-state index contributed by atoms with van der Waals surface area (Å²) in [4.78, 5) is 9.71. The molecule has 0 amide bonds. The molecule has 1 fully saturated rings. The Kier molecular flexibility index (Phi) is 5.64. The fourth-order valence-corrected chi connectivity index (χ4v) is 6.17. The highest BCUT2D eigenvalue weighted by molar-refractivity contribution is 7.89. The van der Waals surface area contributed by atoms with Gasteiger partial charge in [0.15, 0.2) is 0 Å². The molecule has 1 saturated heterocycles. The van der Waals surface area contributed by atoms with Crippen molar-refractivity contribution in [2.75, 3.05) is 31.1 Å². The number of benzene rings is 1. The van der Waals surface area contributed by atoms with Crippen molar-refractivity contribution in [3.05, 3.63) is 45.9 Å².